The van der Waals surface area contributed by atoms with Crippen LogP contribution in [0.4, 0.5) is 0 Å². The summed E-state index contributed by atoms with van der Waals surface area (Å²) in [5, 5.41) is 3.60. The molecule has 2 N–H and O–H groups in total. The van der Waals surface area contributed by atoms with Crippen LogP contribution in [0.3, 0.4) is 0 Å². The van der Waals surface area contributed by atoms with Gasteiger partial charge in [0.05, 0.1) is 9.79 Å². The molecule has 0 radical (unpaired) electrons. The minimum atomic E-state index is -4.25. The first-order valence-electron chi connectivity index (χ1n) is 13.2. The maximum atomic E-state index is 11.6. The molecule has 0 saturated heterocycles. The van der Waals surface area contributed by atoms with Crippen LogP contribution in [0.1, 0.15) is 29.7 Å². The molecule has 0 unspecified atom stereocenters. The Morgan fingerprint density at radius 3 is 1.09 bits per heavy atom. The SMILES string of the molecule is C.O=S(=O)(O)c1ccc2ccccc2c1Cc1ccccc1.O=S(=O)(O)c1ccc2ccccc2c1Cc1ccccc1. The van der Waals surface area contributed by atoms with Crippen molar-refractivity contribution in [1.29, 1.82) is 0 Å². The summed E-state index contributed by atoms with van der Waals surface area (Å²) >= 11 is 0. The Hall–Kier alpha value is -4.34. The molecule has 0 aromatic heterocycles. The summed E-state index contributed by atoms with van der Waals surface area (Å²) in [5.41, 5.74) is 3.25. The molecular formula is C35H32O6S2. The molecule has 0 atom stereocenters. The van der Waals surface area contributed by atoms with E-state index in [1.54, 1.807) is 12.1 Å². The predicted octanol–water partition coefficient (Wildman–Crippen LogP) is 7.99. The van der Waals surface area contributed by atoms with E-state index in [1.807, 2.05) is 109 Å². The number of hydrogen-bond donors (Lipinski definition) is 2. The standard InChI is InChI=1S/2C17H14O3S.CH4/c2*18-21(19,20)17-11-10-14-8-4-5-9-15(14)16(17)12-13-6-2-1-3-7-13;/h2*1-11H,12H2,(H,18,19,20);1H4. The minimum absolute atomic E-state index is 0. The van der Waals surface area contributed by atoms with Crippen LogP contribution in [0, 0.1) is 0 Å². The molecule has 220 valence electrons. The van der Waals surface area contributed by atoms with Gasteiger partial charge >= 0.3 is 0 Å². The highest BCUT2D eigenvalue weighted by atomic mass is 32.2. The van der Waals surface area contributed by atoms with Gasteiger partial charge < -0.3 is 0 Å². The Labute approximate surface area is 252 Å². The molecule has 43 heavy (non-hydrogen) atoms. The minimum Gasteiger partial charge on any atom is -0.282 e. The van der Waals surface area contributed by atoms with Crippen molar-refractivity contribution < 1.29 is 25.9 Å². The largest absolute Gasteiger partial charge is 0.294 e. The molecule has 6 aromatic carbocycles. The quantitative estimate of drug-likeness (QED) is 0.185. The van der Waals surface area contributed by atoms with Crippen LogP contribution in [-0.2, 0) is 33.1 Å². The summed E-state index contributed by atoms with van der Waals surface area (Å²) in [6.07, 6.45) is 0.911. The summed E-state index contributed by atoms with van der Waals surface area (Å²) in [7, 11) is -8.49. The lowest BCUT2D eigenvalue weighted by Crippen LogP contribution is -2.04. The van der Waals surface area contributed by atoms with Gasteiger partial charge in [0.15, 0.2) is 0 Å². The number of hydrogen-bond acceptors (Lipinski definition) is 4. The average molecular weight is 613 g/mol. The summed E-state index contributed by atoms with van der Waals surface area (Å²) < 4.78 is 65.5. The number of rotatable bonds is 6. The first-order chi connectivity index (χ1) is 20.1. The van der Waals surface area contributed by atoms with Crippen LogP contribution in [0.25, 0.3) is 21.5 Å². The molecule has 6 nitrogen and oxygen atoms in total. The van der Waals surface area contributed by atoms with E-state index in [-0.39, 0.29) is 17.2 Å². The van der Waals surface area contributed by atoms with Crippen LogP contribution in [-0.4, -0.2) is 25.9 Å². The zero-order valence-corrected chi connectivity index (χ0v) is 24.1. The predicted molar refractivity (Wildman–Crippen MR) is 173 cm³/mol. The Kier molecular flexibility index (Phi) is 9.78. The molecule has 0 aliphatic carbocycles. The maximum absolute atomic E-state index is 11.6. The second-order valence-electron chi connectivity index (χ2n) is 9.80. The van der Waals surface area contributed by atoms with Gasteiger partial charge in [0.1, 0.15) is 0 Å². The highest BCUT2D eigenvalue weighted by Crippen LogP contribution is 2.29. The first-order valence-corrected chi connectivity index (χ1v) is 16.0. The molecule has 0 spiro atoms. The lowest BCUT2D eigenvalue weighted by molar-refractivity contribution is 0.480. The van der Waals surface area contributed by atoms with Crippen molar-refractivity contribution in [3.63, 3.8) is 0 Å². The molecule has 0 amide bonds. The molecule has 0 aliphatic rings. The van der Waals surface area contributed by atoms with Crippen LogP contribution in [0.5, 0.6) is 0 Å². The molecule has 6 rings (SSSR count). The molecule has 0 fully saturated rings. The average Bonchev–Trinajstić information content (AvgIpc) is 2.98. The molecule has 0 saturated carbocycles. The van der Waals surface area contributed by atoms with Crippen molar-refractivity contribution in [2.24, 2.45) is 0 Å². The number of fused-ring (bicyclic) bond motifs is 2. The van der Waals surface area contributed by atoms with Gasteiger partial charge in [-0.25, -0.2) is 0 Å². The van der Waals surface area contributed by atoms with Crippen LogP contribution in [0.15, 0.2) is 143 Å². The van der Waals surface area contributed by atoms with Gasteiger partial charge in [-0.1, -0.05) is 129 Å². The Morgan fingerprint density at radius 1 is 0.419 bits per heavy atom. The topological polar surface area (TPSA) is 109 Å². The lowest BCUT2D eigenvalue weighted by atomic mass is 9.98. The lowest BCUT2D eigenvalue weighted by Gasteiger charge is -2.11. The van der Waals surface area contributed by atoms with Crippen molar-refractivity contribution in [2.75, 3.05) is 0 Å². The van der Waals surface area contributed by atoms with E-state index in [4.69, 9.17) is 0 Å². The highest BCUT2D eigenvalue weighted by Gasteiger charge is 2.19. The van der Waals surface area contributed by atoms with Gasteiger partial charge in [-0.2, -0.15) is 16.8 Å². The van der Waals surface area contributed by atoms with E-state index in [0.29, 0.717) is 24.0 Å². The van der Waals surface area contributed by atoms with E-state index in [2.05, 4.69) is 0 Å². The normalized spacial score (nSPS) is 11.4. The smallest absolute Gasteiger partial charge is 0.282 e. The zero-order chi connectivity index (χ0) is 29.7. The third-order valence-electron chi connectivity index (χ3n) is 7.00. The molecular weight excluding hydrogens is 581 g/mol. The summed E-state index contributed by atoms with van der Waals surface area (Å²) in [4.78, 5) is -0.0462. The third-order valence-corrected chi connectivity index (χ3v) is 8.88. The van der Waals surface area contributed by atoms with Crippen molar-refractivity contribution in [3.8, 4) is 0 Å². The van der Waals surface area contributed by atoms with Gasteiger partial charge in [0.25, 0.3) is 20.2 Å². The fraction of sp³-hybridized carbons (Fsp3) is 0.0857. The van der Waals surface area contributed by atoms with Gasteiger partial charge in [-0.05, 0) is 68.8 Å². The Morgan fingerprint density at radius 2 is 0.744 bits per heavy atom. The first kappa shape index (κ1) is 31.6. The molecule has 0 aliphatic heterocycles. The molecule has 8 heteroatoms. The second kappa shape index (κ2) is 13.3. The molecule has 0 bridgehead atoms. The van der Waals surface area contributed by atoms with E-state index >= 15 is 0 Å². The van der Waals surface area contributed by atoms with Crippen molar-refractivity contribution in [1.82, 2.24) is 0 Å². The Bertz CT molecular complexity index is 1920. The Balaban J connectivity index is 0.000000192. The van der Waals surface area contributed by atoms with E-state index in [0.717, 1.165) is 32.7 Å². The van der Waals surface area contributed by atoms with Gasteiger partial charge in [0.2, 0.25) is 0 Å². The van der Waals surface area contributed by atoms with Crippen molar-refractivity contribution >= 4 is 41.8 Å². The van der Waals surface area contributed by atoms with Gasteiger partial charge in [0, 0.05) is 0 Å². The summed E-state index contributed by atoms with van der Waals surface area (Å²) in [6.45, 7) is 0. The van der Waals surface area contributed by atoms with Crippen molar-refractivity contribution in [3.05, 3.63) is 156 Å². The van der Waals surface area contributed by atoms with E-state index in [1.165, 1.54) is 12.1 Å². The van der Waals surface area contributed by atoms with Crippen LogP contribution in [0.2, 0.25) is 0 Å². The summed E-state index contributed by atoms with van der Waals surface area (Å²) in [5.74, 6) is 0. The van der Waals surface area contributed by atoms with Crippen LogP contribution >= 0.6 is 0 Å². The third kappa shape index (κ3) is 7.55. The van der Waals surface area contributed by atoms with Crippen LogP contribution < -0.4 is 0 Å². The fourth-order valence-corrected chi connectivity index (χ4v) is 6.55. The fourth-order valence-electron chi connectivity index (χ4n) is 5.08. The van der Waals surface area contributed by atoms with Crippen molar-refractivity contribution in [2.45, 2.75) is 30.1 Å². The second-order valence-corrected chi connectivity index (χ2v) is 12.6. The molecule has 0 heterocycles. The highest BCUT2D eigenvalue weighted by molar-refractivity contribution is 7.86. The van der Waals surface area contributed by atoms with Gasteiger partial charge in [-0.15, -0.1) is 0 Å². The number of benzene rings is 6. The van der Waals surface area contributed by atoms with Gasteiger partial charge in [-0.3, -0.25) is 9.11 Å². The summed E-state index contributed by atoms with van der Waals surface area (Å²) in [6, 6.07) is 40.7. The van der Waals surface area contributed by atoms with E-state index in [9.17, 15) is 25.9 Å². The monoisotopic (exact) mass is 612 g/mol. The van der Waals surface area contributed by atoms with E-state index < -0.39 is 20.2 Å². The zero-order valence-electron chi connectivity index (χ0n) is 22.5. The maximum Gasteiger partial charge on any atom is 0.294 e. The molecule has 6 aromatic rings.